The maximum absolute atomic E-state index is 10.9. The number of carbonyl (C=O) groups is 2. The third-order valence-corrected chi connectivity index (χ3v) is 4.10. The predicted molar refractivity (Wildman–Crippen MR) is 99.2 cm³/mol. The summed E-state index contributed by atoms with van der Waals surface area (Å²) in [5, 5.41) is 27.2. The maximum atomic E-state index is 10.9. The highest BCUT2D eigenvalue weighted by molar-refractivity contribution is 9.10. The van der Waals surface area contributed by atoms with Gasteiger partial charge in [-0.1, -0.05) is 23.7 Å². The Kier molecular flexibility index (Phi) is 6.39. The van der Waals surface area contributed by atoms with Crippen LogP contribution >= 0.6 is 27.5 Å². The first-order chi connectivity index (χ1) is 12.3. The van der Waals surface area contributed by atoms with Crippen LogP contribution in [0.25, 0.3) is 11.6 Å². The molecule has 26 heavy (non-hydrogen) atoms. The molecule has 0 radical (unpaired) electrons. The number of carboxylic acid groups (broad SMARTS) is 2. The van der Waals surface area contributed by atoms with E-state index >= 15 is 0 Å². The molecule has 0 aliphatic carbocycles. The van der Waals surface area contributed by atoms with Crippen LogP contribution in [-0.4, -0.2) is 28.8 Å². The lowest BCUT2D eigenvalue weighted by Gasteiger charge is -2.09. The zero-order chi connectivity index (χ0) is 19.3. The van der Waals surface area contributed by atoms with E-state index in [0.717, 1.165) is 0 Å². The van der Waals surface area contributed by atoms with Crippen molar-refractivity contribution in [3.8, 4) is 11.8 Å². The lowest BCUT2D eigenvalue weighted by Crippen LogP contribution is -2.10. The molecule has 2 N–H and O–H groups in total. The molecule has 0 spiro atoms. The third-order valence-electron chi connectivity index (χ3n) is 3.23. The summed E-state index contributed by atoms with van der Waals surface area (Å²) < 4.78 is 5.56. The molecule has 2 aromatic rings. The molecule has 0 amide bonds. The van der Waals surface area contributed by atoms with Crippen molar-refractivity contribution >= 4 is 51.1 Å². The number of benzene rings is 2. The van der Waals surface area contributed by atoms with Gasteiger partial charge in [-0.05, 0) is 57.4 Å². The van der Waals surface area contributed by atoms with E-state index in [1.807, 2.05) is 0 Å². The molecule has 8 heteroatoms. The Balaban J connectivity index is 2.35. The van der Waals surface area contributed by atoms with Gasteiger partial charge in [-0.15, -0.1) is 0 Å². The van der Waals surface area contributed by atoms with E-state index < -0.39 is 18.5 Å². The lowest BCUT2D eigenvalue weighted by atomic mass is 10.0. The standard InChI is InChI=1S/C18H11BrClNO5/c19-14-6-10(7-15(20)17(14)26-9-16(22)23)5-13(8-21)11-1-3-12(4-2-11)18(24)25/h1-7H,9H2,(H,22,23)(H,24,25). The van der Waals surface area contributed by atoms with Gasteiger partial charge in [0.2, 0.25) is 0 Å². The van der Waals surface area contributed by atoms with Gasteiger partial charge < -0.3 is 14.9 Å². The summed E-state index contributed by atoms with van der Waals surface area (Å²) in [4.78, 5) is 21.5. The molecule has 0 atom stereocenters. The van der Waals surface area contributed by atoms with E-state index in [9.17, 15) is 14.9 Å². The van der Waals surface area contributed by atoms with Crippen LogP contribution in [0, 0.1) is 11.3 Å². The van der Waals surface area contributed by atoms with Crippen molar-refractivity contribution in [1.29, 1.82) is 5.26 Å². The van der Waals surface area contributed by atoms with E-state index in [1.165, 1.54) is 18.2 Å². The van der Waals surface area contributed by atoms with Crippen molar-refractivity contribution in [2.75, 3.05) is 6.61 Å². The molecule has 0 fully saturated rings. The van der Waals surface area contributed by atoms with Crippen LogP contribution in [0.5, 0.6) is 5.75 Å². The summed E-state index contributed by atoms with van der Waals surface area (Å²) in [5.41, 5.74) is 1.57. The second-order valence-electron chi connectivity index (χ2n) is 5.05. The van der Waals surface area contributed by atoms with Gasteiger partial charge in [0.15, 0.2) is 12.4 Å². The van der Waals surface area contributed by atoms with Gasteiger partial charge in [0.25, 0.3) is 0 Å². The van der Waals surface area contributed by atoms with Crippen molar-refractivity contribution in [1.82, 2.24) is 0 Å². The van der Waals surface area contributed by atoms with Crippen LogP contribution in [-0.2, 0) is 4.79 Å². The molecule has 0 unspecified atom stereocenters. The van der Waals surface area contributed by atoms with Crippen LogP contribution in [0.15, 0.2) is 40.9 Å². The fraction of sp³-hybridized carbons (Fsp3) is 0.0556. The summed E-state index contributed by atoms with van der Waals surface area (Å²) >= 11 is 9.38. The Labute approximate surface area is 162 Å². The summed E-state index contributed by atoms with van der Waals surface area (Å²) in [7, 11) is 0. The van der Waals surface area contributed by atoms with Gasteiger partial charge >= 0.3 is 11.9 Å². The molecular formula is C18H11BrClNO5. The van der Waals surface area contributed by atoms with Gasteiger partial charge in [0.05, 0.1) is 26.7 Å². The zero-order valence-corrected chi connectivity index (χ0v) is 15.4. The largest absolute Gasteiger partial charge is 0.479 e. The van der Waals surface area contributed by atoms with Crippen LogP contribution in [0.1, 0.15) is 21.5 Å². The molecule has 0 bridgehead atoms. The van der Waals surface area contributed by atoms with Crippen molar-refractivity contribution < 1.29 is 24.5 Å². The Hall–Kier alpha value is -2.82. The first-order valence-corrected chi connectivity index (χ1v) is 8.28. The number of halogens is 2. The number of hydrogen-bond donors (Lipinski definition) is 2. The number of nitriles is 1. The summed E-state index contributed by atoms with van der Waals surface area (Å²) in [6.07, 6.45) is 1.58. The number of nitrogens with zero attached hydrogens (tertiary/aromatic N) is 1. The molecule has 0 aliphatic rings. The predicted octanol–water partition coefficient (Wildman–Crippen LogP) is 4.33. The zero-order valence-electron chi connectivity index (χ0n) is 13.1. The molecule has 0 saturated heterocycles. The van der Waals surface area contributed by atoms with Gasteiger partial charge in [-0.25, -0.2) is 9.59 Å². The molecule has 0 heterocycles. The first kappa shape index (κ1) is 19.5. The first-order valence-electron chi connectivity index (χ1n) is 7.11. The Morgan fingerprint density at radius 2 is 1.81 bits per heavy atom. The van der Waals surface area contributed by atoms with Crippen molar-refractivity contribution in [3.05, 3.63) is 62.6 Å². The quantitative estimate of drug-likeness (QED) is 0.515. The minimum Gasteiger partial charge on any atom is -0.479 e. The maximum Gasteiger partial charge on any atom is 0.341 e. The van der Waals surface area contributed by atoms with Crippen LogP contribution in [0.3, 0.4) is 0 Å². The lowest BCUT2D eigenvalue weighted by molar-refractivity contribution is -0.139. The van der Waals surface area contributed by atoms with Crippen molar-refractivity contribution in [3.63, 3.8) is 0 Å². The summed E-state index contributed by atoms with van der Waals surface area (Å²) in [5.74, 6) is -1.99. The highest BCUT2D eigenvalue weighted by atomic mass is 79.9. The number of carboxylic acids is 2. The van der Waals surface area contributed by atoms with Crippen LogP contribution in [0.2, 0.25) is 5.02 Å². The monoisotopic (exact) mass is 435 g/mol. The second kappa shape index (κ2) is 8.52. The number of aliphatic carboxylic acids is 1. The normalized spacial score (nSPS) is 10.9. The fourth-order valence-corrected chi connectivity index (χ4v) is 3.06. The summed E-state index contributed by atoms with van der Waals surface area (Å²) in [6, 6.07) is 11.1. The number of ether oxygens (including phenoxy) is 1. The van der Waals surface area contributed by atoms with Crippen LogP contribution in [0.4, 0.5) is 0 Å². The van der Waals surface area contributed by atoms with Crippen molar-refractivity contribution in [2.24, 2.45) is 0 Å². The van der Waals surface area contributed by atoms with E-state index in [0.29, 0.717) is 21.2 Å². The van der Waals surface area contributed by atoms with E-state index in [-0.39, 0.29) is 16.3 Å². The minimum atomic E-state index is -1.13. The molecule has 2 rings (SSSR count). The number of hydrogen-bond acceptors (Lipinski definition) is 4. The SMILES string of the molecule is N#CC(=Cc1cc(Cl)c(OCC(=O)O)c(Br)c1)c1ccc(C(=O)O)cc1. The molecule has 0 aromatic heterocycles. The molecule has 0 aliphatic heterocycles. The number of rotatable bonds is 6. The van der Waals surface area contributed by atoms with Gasteiger partial charge in [-0.2, -0.15) is 5.26 Å². The van der Waals surface area contributed by atoms with Crippen LogP contribution < -0.4 is 4.74 Å². The Bertz CT molecular complexity index is 909. The van der Waals surface area contributed by atoms with E-state index in [1.54, 1.807) is 24.3 Å². The number of aromatic carboxylic acids is 1. The molecule has 2 aromatic carbocycles. The number of allylic oxidation sites excluding steroid dienone is 1. The molecular weight excluding hydrogens is 426 g/mol. The fourth-order valence-electron chi connectivity index (χ4n) is 2.07. The summed E-state index contributed by atoms with van der Waals surface area (Å²) in [6.45, 7) is -0.535. The minimum absolute atomic E-state index is 0.122. The van der Waals surface area contributed by atoms with E-state index in [4.69, 9.17) is 26.6 Å². The van der Waals surface area contributed by atoms with Gasteiger partial charge in [0, 0.05) is 0 Å². The van der Waals surface area contributed by atoms with Gasteiger partial charge in [-0.3, -0.25) is 0 Å². The highest BCUT2D eigenvalue weighted by Gasteiger charge is 2.12. The van der Waals surface area contributed by atoms with Gasteiger partial charge in [0.1, 0.15) is 0 Å². The average molecular weight is 437 g/mol. The smallest absolute Gasteiger partial charge is 0.341 e. The molecule has 132 valence electrons. The second-order valence-corrected chi connectivity index (χ2v) is 6.31. The van der Waals surface area contributed by atoms with Crippen molar-refractivity contribution in [2.45, 2.75) is 0 Å². The Morgan fingerprint density at radius 1 is 1.19 bits per heavy atom. The third kappa shape index (κ3) is 4.85. The Morgan fingerprint density at radius 3 is 2.31 bits per heavy atom. The average Bonchev–Trinajstić information content (AvgIpc) is 2.58. The van der Waals surface area contributed by atoms with E-state index in [2.05, 4.69) is 22.0 Å². The molecule has 0 saturated carbocycles. The molecule has 6 nitrogen and oxygen atoms in total. The topological polar surface area (TPSA) is 108 Å². The highest BCUT2D eigenvalue weighted by Crippen LogP contribution is 2.35.